The van der Waals surface area contributed by atoms with Crippen molar-refractivity contribution in [3.8, 4) is 5.75 Å². The van der Waals surface area contributed by atoms with Gasteiger partial charge in [0.2, 0.25) is 10.0 Å². The number of carbonyl (C=O) groups excluding carboxylic acids is 1. The van der Waals surface area contributed by atoms with Gasteiger partial charge in [0.25, 0.3) is 5.91 Å². The van der Waals surface area contributed by atoms with Crippen molar-refractivity contribution in [2.75, 3.05) is 19.0 Å². The third kappa shape index (κ3) is 3.91. The number of methoxy groups -OCH3 is 1. The Morgan fingerprint density at radius 1 is 1.14 bits per heavy atom. The van der Waals surface area contributed by atoms with Crippen LogP contribution in [0.15, 0.2) is 64.9 Å². The van der Waals surface area contributed by atoms with Gasteiger partial charge < -0.3 is 10.1 Å². The lowest BCUT2D eigenvalue weighted by Crippen LogP contribution is -2.35. The number of nitrogens with one attached hydrogen (secondary N) is 1. The van der Waals surface area contributed by atoms with Crippen molar-refractivity contribution in [3.63, 3.8) is 0 Å². The Kier molecular flexibility index (Phi) is 5.40. The maximum atomic E-state index is 13.1. The van der Waals surface area contributed by atoms with Crippen LogP contribution in [0.2, 0.25) is 0 Å². The summed E-state index contributed by atoms with van der Waals surface area (Å²) in [6, 6.07) is 15.2. The highest BCUT2D eigenvalue weighted by atomic mass is 32.2. The van der Waals surface area contributed by atoms with Gasteiger partial charge in [-0.1, -0.05) is 18.2 Å². The van der Waals surface area contributed by atoms with E-state index in [1.807, 2.05) is 11.4 Å². The normalized spacial score (nSPS) is 14.2. The quantitative estimate of drug-likeness (QED) is 0.671. The van der Waals surface area contributed by atoms with Gasteiger partial charge in [-0.2, -0.15) is 4.31 Å². The van der Waals surface area contributed by atoms with Crippen LogP contribution in [0.4, 0.5) is 5.69 Å². The molecule has 0 radical (unpaired) electrons. The van der Waals surface area contributed by atoms with E-state index in [-0.39, 0.29) is 10.5 Å². The van der Waals surface area contributed by atoms with E-state index < -0.39 is 15.9 Å². The van der Waals surface area contributed by atoms with Crippen LogP contribution in [0.3, 0.4) is 0 Å². The predicted molar refractivity (Wildman–Crippen MR) is 113 cm³/mol. The Morgan fingerprint density at radius 3 is 2.79 bits per heavy atom. The van der Waals surface area contributed by atoms with Crippen LogP contribution in [-0.4, -0.2) is 32.3 Å². The summed E-state index contributed by atoms with van der Waals surface area (Å²) in [4.78, 5) is 14.0. The molecule has 1 N–H and O–H groups in total. The number of sulfonamides is 1. The van der Waals surface area contributed by atoms with Gasteiger partial charge in [-0.25, -0.2) is 8.42 Å². The Hall–Kier alpha value is -2.68. The van der Waals surface area contributed by atoms with E-state index in [0.29, 0.717) is 30.9 Å². The zero-order valence-corrected chi connectivity index (χ0v) is 17.4. The standard InChI is InChI=1S/C21H20N2O4S2/c1-27-19-8-3-2-7-18(19)22-21(24)15-5-4-6-17(13-15)29(25,26)23-11-9-20-16(14-23)10-12-28-20/h2-8,10,12-13H,9,11,14H2,1H3,(H,22,24). The Bertz CT molecular complexity index is 1150. The van der Waals surface area contributed by atoms with Gasteiger partial charge in [0, 0.05) is 23.5 Å². The van der Waals surface area contributed by atoms with Gasteiger partial charge in [0.05, 0.1) is 17.7 Å². The molecule has 0 atom stereocenters. The van der Waals surface area contributed by atoms with E-state index in [0.717, 1.165) is 5.56 Å². The first-order valence-corrected chi connectivity index (χ1v) is 11.4. The minimum Gasteiger partial charge on any atom is -0.495 e. The Labute approximate surface area is 173 Å². The largest absolute Gasteiger partial charge is 0.495 e. The summed E-state index contributed by atoms with van der Waals surface area (Å²) >= 11 is 1.66. The van der Waals surface area contributed by atoms with Crippen molar-refractivity contribution in [1.82, 2.24) is 4.31 Å². The molecular formula is C21H20N2O4S2. The molecule has 1 aliphatic heterocycles. The predicted octanol–water partition coefficient (Wildman–Crippen LogP) is 3.76. The van der Waals surface area contributed by atoms with Gasteiger partial charge in [0.15, 0.2) is 0 Å². The molecular weight excluding hydrogens is 408 g/mol. The molecule has 0 bridgehead atoms. The number of hydrogen-bond acceptors (Lipinski definition) is 5. The van der Waals surface area contributed by atoms with Crippen molar-refractivity contribution in [2.24, 2.45) is 0 Å². The summed E-state index contributed by atoms with van der Waals surface area (Å²) in [5.41, 5.74) is 1.84. The maximum Gasteiger partial charge on any atom is 0.255 e. The second-order valence-corrected chi connectivity index (χ2v) is 9.58. The highest BCUT2D eigenvalue weighted by Crippen LogP contribution is 2.29. The molecule has 0 fully saturated rings. The monoisotopic (exact) mass is 428 g/mol. The highest BCUT2D eigenvalue weighted by molar-refractivity contribution is 7.89. The summed E-state index contributed by atoms with van der Waals surface area (Å²) in [5.74, 6) is 0.134. The summed E-state index contributed by atoms with van der Waals surface area (Å²) < 4.78 is 33.0. The SMILES string of the molecule is COc1ccccc1NC(=O)c1cccc(S(=O)(=O)N2CCc3sccc3C2)c1. The van der Waals surface area contributed by atoms with Crippen LogP contribution >= 0.6 is 11.3 Å². The average molecular weight is 429 g/mol. The zero-order valence-electron chi connectivity index (χ0n) is 15.8. The van der Waals surface area contributed by atoms with E-state index >= 15 is 0 Å². The fourth-order valence-corrected chi connectivity index (χ4v) is 5.67. The lowest BCUT2D eigenvalue weighted by molar-refractivity contribution is 0.102. The molecule has 150 valence electrons. The topological polar surface area (TPSA) is 75.7 Å². The van der Waals surface area contributed by atoms with Crippen molar-refractivity contribution in [3.05, 3.63) is 76.0 Å². The molecule has 1 aromatic heterocycles. The van der Waals surface area contributed by atoms with E-state index in [9.17, 15) is 13.2 Å². The van der Waals surface area contributed by atoms with Crippen LogP contribution < -0.4 is 10.1 Å². The van der Waals surface area contributed by atoms with Crippen LogP contribution in [0.5, 0.6) is 5.75 Å². The van der Waals surface area contributed by atoms with Crippen molar-refractivity contribution in [2.45, 2.75) is 17.9 Å². The van der Waals surface area contributed by atoms with Crippen LogP contribution in [-0.2, 0) is 23.0 Å². The van der Waals surface area contributed by atoms with E-state index in [4.69, 9.17) is 4.74 Å². The van der Waals surface area contributed by atoms with E-state index in [1.165, 1.54) is 28.4 Å². The number of hydrogen-bond donors (Lipinski definition) is 1. The molecule has 0 aliphatic carbocycles. The summed E-state index contributed by atoms with van der Waals surface area (Å²) in [6.07, 6.45) is 0.709. The van der Waals surface area contributed by atoms with Crippen LogP contribution in [0, 0.1) is 0 Å². The first-order chi connectivity index (χ1) is 14.0. The number of fused-ring (bicyclic) bond motifs is 1. The van der Waals surface area contributed by atoms with Gasteiger partial charge >= 0.3 is 0 Å². The van der Waals surface area contributed by atoms with Crippen LogP contribution in [0.1, 0.15) is 20.8 Å². The number of ether oxygens (including phenoxy) is 1. The lowest BCUT2D eigenvalue weighted by Gasteiger charge is -2.26. The number of thiophene rings is 1. The molecule has 1 aliphatic rings. The highest BCUT2D eigenvalue weighted by Gasteiger charge is 2.29. The van der Waals surface area contributed by atoms with Crippen LogP contribution in [0.25, 0.3) is 0 Å². The summed E-state index contributed by atoms with van der Waals surface area (Å²) in [6.45, 7) is 0.798. The van der Waals surface area contributed by atoms with Gasteiger partial charge in [0.1, 0.15) is 5.75 Å². The van der Waals surface area contributed by atoms with E-state index in [2.05, 4.69) is 5.32 Å². The van der Waals surface area contributed by atoms with Gasteiger partial charge in [-0.3, -0.25) is 4.79 Å². The molecule has 2 aromatic carbocycles. The molecule has 0 saturated carbocycles. The summed E-state index contributed by atoms with van der Waals surface area (Å²) in [5, 5.41) is 4.76. The number of carbonyl (C=O) groups is 1. The van der Waals surface area contributed by atoms with Crippen molar-refractivity contribution < 1.29 is 17.9 Å². The second-order valence-electron chi connectivity index (χ2n) is 6.64. The number of rotatable bonds is 5. The van der Waals surface area contributed by atoms with Gasteiger partial charge in [-0.05, 0) is 53.8 Å². The van der Waals surface area contributed by atoms with Crippen molar-refractivity contribution in [1.29, 1.82) is 0 Å². The molecule has 6 nitrogen and oxygen atoms in total. The maximum absolute atomic E-state index is 13.1. The number of anilines is 1. The first-order valence-electron chi connectivity index (χ1n) is 9.09. The molecule has 0 unspecified atom stereocenters. The average Bonchev–Trinajstić information content (AvgIpc) is 3.22. The first kappa shape index (κ1) is 19.6. The fourth-order valence-electron chi connectivity index (χ4n) is 3.32. The number of benzene rings is 2. The molecule has 1 amide bonds. The Morgan fingerprint density at radius 2 is 1.97 bits per heavy atom. The Balaban J connectivity index is 1.57. The molecule has 8 heteroatoms. The molecule has 29 heavy (non-hydrogen) atoms. The third-order valence-corrected chi connectivity index (χ3v) is 7.73. The number of nitrogens with zero attached hydrogens (tertiary/aromatic N) is 1. The molecule has 4 rings (SSSR count). The third-order valence-electron chi connectivity index (χ3n) is 4.86. The number of amides is 1. The number of para-hydroxylation sites is 2. The molecule has 2 heterocycles. The van der Waals surface area contributed by atoms with Gasteiger partial charge in [-0.15, -0.1) is 11.3 Å². The molecule has 0 saturated heterocycles. The zero-order chi connectivity index (χ0) is 20.4. The smallest absolute Gasteiger partial charge is 0.255 e. The minimum atomic E-state index is -3.69. The summed E-state index contributed by atoms with van der Waals surface area (Å²) in [7, 11) is -2.17. The molecule has 0 spiro atoms. The van der Waals surface area contributed by atoms with Crippen molar-refractivity contribution >= 4 is 33.0 Å². The minimum absolute atomic E-state index is 0.115. The lowest BCUT2D eigenvalue weighted by atomic mass is 10.1. The van der Waals surface area contributed by atoms with E-state index in [1.54, 1.807) is 47.7 Å². The fraction of sp³-hybridized carbons (Fsp3) is 0.190. The molecule has 3 aromatic rings. The second kappa shape index (κ2) is 7.98.